The lowest BCUT2D eigenvalue weighted by Gasteiger charge is -2.32. The van der Waals surface area contributed by atoms with Crippen molar-refractivity contribution in [2.45, 2.75) is 45.2 Å². The third kappa shape index (κ3) is 6.13. The number of amides is 4. The third-order valence-electron chi connectivity index (χ3n) is 7.04. The Morgan fingerprint density at radius 2 is 1.59 bits per heavy atom. The highest BCUT2D eigenvalue weighted by atomic mass is 19.1. The zero-order valence-corrected chi connectivity index (χ0v) is 20.9. The summed E-state index contributed by atoms with van der Waals surface area (Å²) < 4.78 is 13.5. The van der Waals surface area contributed by atoms with Crippen LogP contribution in [0.2, 0.25) is 0 Å². The molecule has 4 amide bonds. The number of nitrogens with zero attached hydrogens (tertiary/aromatic N) is 2. The van der Waals surface area contributed by atoms with Crippen LogP contribution in [0.1, 0.15) is 37.3 Å². The summed E-state index contributed by atoms with van der Waals surface area (Å²) in [5, 5.41) is 2.82. The van der Waals surface area contributed by atoms with Crippen molar-refractivity contribution in [3.8, 4) is 0 Å². The molecule has 1 saturated heterocycles. The Kier molecular flexibility index (Phi) is 8.48. The van der Waals surface area contributed by atoms with E-state index in [9.17, 15) is 23.6 Å². The molecule has 37 heavy (non-hydrogen) atoms. The van der Waals surface area contributed by atoms with E-state index in [-0.39, 0.29) is 61.4 Å². The second-order valence-corrected chi connectivity index (χ2v) is 9.48. The van der Waals surface area contributed by atoms with Gasteiger partial charge in [-0.25, -0.2) is 4.39 Å². The fraction of sp³-hybridized carbons (Fsp3) is 0.379. The number of carbonyl (C=O) groups excluding carboxylic acids is 4. The molecule has 0 aromatic heterocycles. The first kappa shape index (κ1) is 26.3. The Balaban J connectivity index is 1.56. The number of carbonyl (C=O) groups is 4. The maximum Gasteiger partial charge on any atom is 0.243 e. The standard InChI is InChI=1S/C29H32FN3O4/c1-2-31-27(35)25(18-20-8-4-3-5-9-20)33(19-21-12-14-22(30)15-13-21)26(34)16-17-32-28(36)23-10-6-7-11-24(23)29(32)37/h3-9,12-15,23-25H,2,10-11,16-19H2,1H3,(H,31,35)/t23-,24+,25-/m1/s1. The van der Waals surface area contributed by atoms with Gasteiger partial charge in [-0.3, -0.25) is 24.1 Å². The number of benzene rings is 2. The molecule has 2 aromatic rings. The van der Waals surface area contributed by atoms with Gasteiger partial charge < -0.3 is 10.2 Å². The van der Waals surface area contributed by atoms with Gasteiger partial charge in [-0.2, -0.15) is 0 Å². The SMILES string of the molecule is CCNC(=O)[C@@H](Cc1ccccc1)N(Cc1ccc(F)cc1)C(=O)CCN1C(=O)[C@H]2CC=CC[C@H]2C1=O. The van der Waals surface area contributed by atoms with E-state index < -0.39 is 11.9 Å². The molecule has 2 aromatic carbocycles. The normalized spacial score (nSPS) is 19.5. The Morgan fingerprint density at radius 1 is 0.973 bits per heavy atom. The molecule has 0 spiro atoms. The van der Waals surface area contributed by atoms with Gasteiger partial charge in [-0.1, -0.05) is 54.6 Å². The van der Waals surface area contributed by atoms with E-state index in [0.717, 1.165) is 5.56 Å². The predicted octanol–water partition coefficient (Wildman–Crippen LogP) is 3.24. The van der Waals surface area contributed by atoms with Crippen LogP contribution in [0, 0.1) is 17.7 Å². The zero-order valence-electron chi connectivity index (χ0n) is 20.9. The molecular weight excluding hydrogens is 473 g/mol. The number of fused-ring (bicyclic) bond motifs is 1. The van der Waals surface area contributed by atoms with Crippen molar-refractivity contribution in [3.63, 3.8) is 0 Å². The van der Waals surface area contributed by atoms with E-state index in [1.54, 1.807) is 12.1 Å². The van der Waals surface area contributed by atoms with Crippen LogP contribution in [0.4, 0.5) is 4.39 Å². The van der Waals surface area contributed by atoms with Gasteiger partial charge in [-0.15, -0.1) is 0 Å². The molecule has 0 radical (unpaired) electrons. The van der Waals surface area contributed by atoms with Gasteiger partial charge in [0.25, 0.3) is 0 Å². The number of allylic oxidation sites excluding steroid dienone is 2. The first-order valence-corrected chi connectivity index (χ1v) is 12.7. The van der Waals surface area contributed by atoms with Crippen LogP contribution < -0.4 is 5.32 Å². The summed E-state index contributed by atoms with van der Waals surface area (Å²) in [6.07, 6.45) is 5.10. The van der Waals surface area contributed by atoms with Crippen molar-refractivity contribution in [3.05, 3.63) is 83.7 Å². The minimum absolute atomic E-state index is 0.0309. The molecule has 0 unspecified atom stereocenters. The fourth-order valence-electron chi connectivity index (χ4n) is 5.07. The van der Waals surface area contributed by atoms with Crippen LogP contribution in [-0.4, -0.2) is 52.6 Å². The van der Waals surface area contributed by atoms with Gasteiger partial charge in [-0.05, 0) is 43.0 Å². The quantitative estimate of drug-likeness (QED) is 0.397. The Hall–Kier alpha value is -3.81. The number of likely N-dealkylation sites (tertiary alicyclic amines) is 1. The van der Waals surface area contributed by atoms with Crippen LogP contribution >= 0.6 is 0 Å². The number of hydrogen-bond donors (Lipinski definition) is 1. The average molecular weight is 506 g/mol. The third-order valence-corrected chi connectivity index (χ3v) is 7.04. The van der Waals surface area contributed by atoms with Crippen molar-refractivity contribution in [2.24, 2.45) is 11.8 Å². The van der Waals surface area contributed by atoms with Crippen LogP contribution in [-0.2, 0) is 32.1 Å². The van der Waals surface area contributed by atoms with Crippen molar-refractivity contribution in [2.75, 3.05) is 13.1 Å². The number of hydrogen-bond acceptors (Lipinski definition) is 4. The number of halogens is 1. The number of imide groups is 1. The molecule has 0 saturated carbocycles. The van der Waals surface area contributed by atoms with Crippen molar-refractivity contribution in [1.29, 1.82) is 0 Å². The lowest BCUT2D eigenvalue weighted by Crippen LogP contribution is -2.51. The van der Waals surface area contributed by atoms with E-state index in [1.165, 1.54) is 21.9 Å². The van der Waals surface area contributed by atoms with Crippen LogP contribution in [0.3, 0.4) is 0 Å². The zero-order chi connectivity index (χ0) is 26.4. The Labute approximate surface area is 216 Å². The minimum Gasteiger partial charge on any atom is -0.355 e. The highest BCUT2D eigenvalue weighted by molar-refractivity contribution is 6.05. The monoisotopic (exact) mass is 505 g/mol. The summed E-state index contributed by atoms with van der Waals surface area (Å²) in [5.41, 5.74) is 1.56. The van der Waals surface area contributed by atoms with Gasteiger partial charge in [0.1, 0.15) is 11.9 Å². The Morgan fingerprint density at radius 3 is 2.19 bits per heavy atom. The highest BCUT2D eigenvalue weighted by Crippen LogP contribution is 2.35. The van der Waals surface area contributed by atoms with E-state index in [1.807, 2.05) is 49.4 Å². The van der Waals surface area contributed by atoms with E-state index in [4.69, 9.17) is 0 Å². The Bertz CT molecular complexity index is 1140. The van der Waals surface area contributed by atoms with Gasteiger partial charge in [0, 0.05) is 32.5 Å². The summed E-state index contributed by atoms with van der Waals surface area (Å²) in [4.78, 5) is 55.3. The summed E-state index contributed by atoms with van der Waals surface area (Å²) in [7, 11) is 0. The molecule has 3 atom stereocenters. The van der Waals surface area contributed by atoms with Crippen molar-refractivity contribution in [1.82, 2.24) is 15.1 Å². The topological polar surface area (TPSA) is 86.8 Å². The summed E-state index contributed by atoms with van der Waals surface area (Å²) >= 11 is 0. The van der Waals surface area contributed by atoms with Crippen LogP contribution in [0.25, 0.3) is 0 Å². The van der Waals surface area contributed by atoms with E-state index >= 15 is 0 Å². The van der Waals surface area contributed by atoms with Gasteiger partial charge in [0.15, 0.2) is 0 Å². The molecule has 4 rings (SSSR count). The molecule has 7 nitrogen and oxygen atoms in total. The minimum atomic E-state index is -0.823. The molecular formula is C29H32FN3O4. The molecule has 1 fully saturated rings. The van der Waals surface area contributed by atoms with Crippen LogP contribution in [0.5, 0.6) is 0 Å². The first-order valence-electron chi connectivity index (χ1n) is 12.7. The van der Waals surface area contributed by atoms with E-state index in [0.29, 0.717) is 24.9 Å². The molecule has 2 aliphatic rings. The highest BCUT2D eigenvalue weighted by Gasteiger charge is 2.47. The smallest absolute Gasteiger partial charge is 0.243 e. The summed E-state index contributed by atoms with van der Waals surface area (Å²) in [6.45, 7) is 2.26. The lowest BCUT2D eigenvalue weighted by molar-refractivity contribution is -0.144. The maximum absolute atomic E-state index is 13.6. The second-order valence-electron chi connectivity index (χ2n) is 9.48. The van der Waals surface area contributed by atoms with Gasteiger partial charge in [0.05, 0.1) is 11.8 Å². The van der Waals surface area contributed by atoms with E-state index in [2.05, 4.69) is 5.32 Å². The molecule has 1 aliphatic heterocycles. The average Bonchev–Trinajstić information content (AvgIpc) is 3.15. The molecule has 1 heterocycles. The fourth-order valence-corrected chi connectivity index (χ4v) is 5.07. The maximum atomic E-state index is 13.6. The first-order chi connectivity index (χ1) is 17.9. The molecule has 0 bridgehead atoms. The van der Waals surface area contributed by atoms with Crippen molar-refractivity contribution >= 4 is 23.6 Å². The molecule has 194 valence electrons. The molecule has 1 aliphatic carbocycles. The van der Waals surface area contributed by atoms with Gasteiger partial charge in [0.2, 0.25) is 23.6 Å². The predicted molar refractivity (Wildman–Crippen MR) is 136 cm³/mol. The summed E-state index contributed by atoms with van der Waals surface area (Å²) in [5.74, 6) is -2.23. The number of nitrogens with one attached hydrogen (secondary N) is 1. The van der Waals surface area contributed by atoms with Crippen LogP contribution in [0.15, 0.2) is 66.7 Å². The largest absolute Gasteiger partial charge is 0.355 e. The van der Waals surface area contributed by atoms with Gasteiger partial charge >= 0.3 is 0 Å². The second kappa shape index (κ2) is 12.0. The molecule has 8 heteroatoms. The number of likely N-dealkylation sites (N-methyl/N-ethyl adjacent to an activating group) is 1. The number of rotatable bonds is 10. The summed E-state index contributed by atoms with van der Waals surface area (Å²) in [6, 6.07) is 14.4. The lowest BCUT2D eigenvalue weighted by atomic mass is 9.85. The van der Waals surface area contributed by atoms with Crippen molar-refractivity contribution < 1.29 is 23.6 Å². The molecule has 1 N–H and O–H groups in total.